The molecule has 0 saturated carbocycles. The van der Waals surface area contributed by atoms with Crippen molar-refractivity contribution >= 4 is 44.7 Å². The van der Waals surface area contributed by atoms with Gasteiger partial charge in [0.15, 0.2) is 17.4 Å². The number of aromatic nitrogens is 2. The van der Waals surface area contributed by atoms with Gasteiger partial charge in [0.1, 0.15) is 5.58 Å². The topological polar surface area (TPSA) is 153 Å². The number of hydrogen-bond acceptors (Lipinski definition) is 8. The van der Waals surface area contributed by atoms with Crippen LogP contribution in [0.1, 0.15) is 5.56 Å². The second kappa shape index (κ2) is 9.17. The van der Waals surface area contributed by atoms with Gasteiger partial charge in [-0.1, -0.05) is 11.6 Å². The number of amides is 1. The maximum absolute atomic E-state index is 14.8. The molecule has 2 N–H and O–H groups in total. The minimum Gasteiger partial charge on any atom is -0.409 e. The molecule has 0 aliphatic rings. The molecule has 0 radical (unpaired) electrons. The molecule has 0 aliphatic heterocycles. The van der Waals surface area contributed by atoms with Crippen LogP contribution in [0.3, 0.4) is 0 Å². The van der Waals surface area contributed by atoms with E-state index in [1.165, 1.54) is 20.2 Å². The van der Waals surface area contributed by atoms with Crippen molar-refractivity contribution in [1.29, 1.82) is 0 Å². The molecule has 2 heterocycles. The van der Waals surface area contributed by atoms with E-state index in [1.807, 2.05) is 9.44 Å². The quantitative estimate of drug-likeness (QED) is 0.509. The summed E-state index contributed by atoms with van der Waals surface area (Å²) in [6.07, 6.45) is 0.354. The molecule has 0 saturated heterocycles. The summed E-state index contributed by atoms with van der Waals surface area (Å²) < 4.78 is 52.6. The molecule has 0 fully saturated rings. The van der Waals surface area contributed by atoms with Crippen LogP contribution >= 0.6 is 11.6 Å². The van der Waals surface area contributed by atoms with Gasteiger partial charge in [-0.2, -0.15) is 8.42 Å². The summed E-state index contributed by atoms with van der Waals surface area (Å²) in [6, 6.07) is 3.43. The fourth-order valence-corrected chi connectivity index (χ4v) is 3.29. The first-order valence-electron chi connectivity index (χ1n) is 9.04. The molecule has 3 aromatic rings. The number of fused-ring (bicyclic) bond motifs is 1. The molecule has 1 aromatic carbocycles. The van der Waals surface area contributed by atoms with E-state index in [-0.39, 0.29) is 27.3 Å². The number of carbonyl (C=O) groups is 1. The van der Waals surface area contributed by atoms with Gasteiger partial charge in [0.25, 0.3) is 15.8 Å². The predicted octanol–water partition coefficient (Wildman–Crippen LogP) is 1.13. The Morgan fingerprint density at radius 1 is 1.33 bits per heavy atom. The molecule has 176 valence electrons. The number of halogens is 2. The van der Waals surface area contributed by atoms with Crippen LogP contribution in [0.5, 0.6) is 5.75 Å². The molecular weight excluding hydrogens is 485 g/mol. The molecule has 0 aliphatic carbocycles. The number of carbonyl (C=O) groups excluding carboxylic acids is 1. The number of nitrogens with one attached hydrogen (secondary N) is 2. The average molecular weight is 502 g/mol. The van der Waals surface area contributed by atoms with Crippen molar-refractivity contribution < 1.29 is 26.8 Å². The molecule has 0 spiro atoms. The molecule has 1 amide bonds. The van der Waals surface area contributed by atoms with Crippen molar-refractivity contribution in [3.8, 4) is 5.75 Å². The highest BCUT2D eigenvalue weighted by atomic mass is 35.5. The lowest BCUT2D eigenvalue weighted by molar-refractivity contribution is 0.172. The summed E-state index contributed by atoms with van der Waals surface area (Å²) in [7, 11) is -0.0489. The number of pyridine rings is 1. The predicted molar refractivity (Wildman–Crippen MR) is 116 cm³/mol. The largest absolute Gasteiger partial charge is 0.422 e. The Hall–Kier alpha value is -3.49. The van der Waals surface area contributed by atoms with Crippen molar-refractivity contribution in [1.82, 2.24) is 19.2 Å². The first-order valence-corrected chi connectivity index (χ1v) is 10.9. The maximum atomic E-state index is 14.8. The van der Waals surface area contributed by atoms with Crippen molar-refractivity contribution in [3.05, 3.63) is 61.7 Å². The van der Waals surface area contributed by atoms with Crippen LogP contribution in [0, 0.1) is 5.82 Å². The van der Waals surface area contributed by atoms with Crippen LogP contribution in [-0.4, -0.2) is 50.1 Å². The van der Waals surface area contributed by atoms with Gasteiger partial charge < -0.3 is 14.1 Å². The standard InChI is InChI=1S/C18H17ClFN5O7S/c1-21-33(29,30)23-15-14(20)9(4-5-22-15)8-25-16(26)10-6-11(19)13(32-17(27)24(2)3)7-12(10)31-18(25)28/h4-7,21H,8H2,1-3H3,(H,22,23). The zero-order valence-corrected chi connectivity index (χ0v) is 19.0. The Kier molecular flexibility index (Phi) is 6.71. The SMILES string of the molecule is CNS(=O)(=O)Nc1nccc(Cn2c(=O)oc3cc(OC(=O)N(C)C)c(Cl)cc3c2=O)c1F. The van der Waals surface area contributed by atoms with Gasteiger partial charge in [-0.25, -0.2) is 28.3 Å². The van der Waals surface area contributed by atoms with Crippen LogP contribution in [0.15, 0.2) is 38.4 Å². The van der Waals surface area contributed by atoms with Crippen molar-refractivity contribution in [3.63, 3.8) is 0 Å². The Labute approximate surface area is 190 Å². The molecule has 0 bridgehead atoms. The Morgan fingerprint density at radius 3 is 2.67 bits per heavy atom. The lowest BCUT2D eigenvalue weighted by Crippen LogP contribution is -2.33. The minimum atomic E-state index is -4.06. The molecular formula is C18H17ClFN5O7S. The van der Waals surface area contributed by atoms with Crippen LogP contribution < -0.4 is 25.5 Å². The van der Waals surface area contributed by atoms with Crippen LogP contribution in [-0.2, 0) is 16.8 Å². The van der Waals surface area contributed by atoms with E-state index in [2.05, 4.69) is 4.98 Å². The number of rotatable bonds is 6. The zero-order chi connectivity index (χ0) is 24.5. The summed E-state index contributed by atoms with van der Waals surface area (Å²) in [4.78, 5) is 41.8. The Morgan fingerprint density at radius 2 is 2.03 bits per heavy atom. The highest BCUT2D eigenvalue weighted by molar-refractivity contribution is 7.90. The molecule has 33 heavy (non-hydrogen) atoms. The monoisotopic (exact) mass is 501 g/mol. The van der Waals surface area contributed by atoms with Crippen LogP contribution in [0.2, 0.25) is 5.02 Å². The van der Waals surface area contributed by atoms with Gasteiger partial charge in [-0.15, -0.1) is 0 Å². The average Bonchev–Trinajstić information content (AvgIpc) is 2.74. The molecule has 0 atom stereocenters. The van der Waals surface area contributed by atoms with Gasteiger partial charge in [-0.3, -0.25) is 9.52 Å². The van der Waals surface area contributed by atoms with E-state index >= 15 is 0 Å². The van der Waals surface area contributed by atoms with Crippen molar-refractivity contribution in [2.45, 2.75) is 6.54 Å². The van der Waals surface area contributed by atoms with Crippen molar-refractivity contribution in [2.24, 2.45) is 0 Å². The molecule has 2 aromatic heterocycles. The second-order valence-corrected chi connectivity index (χ2v) is 8.77. The van der Waals surface area contributed by atoms with E-state index < -0.39 is 45.8 Å². The summed E-state index contributed by atoms with van der Waals surface area (Å²) in [5.41, 5.74) is -1.28. The van der Waals surface area contributed by atoms with Gasteiger partial charge in [0.2, 0.25) is 0 Å². The van der Waals surface area contributed by atoms with Gasteiger partial charge in [0.05, 0.1) is 17.0 Å². The third-order valence-electron chi connectivity index (χ3n) is 4.29. The van der Waals surface area contributed by atoms with Crippen molar-refractivity contribution in [2.75, 3.05) is 25.9 Å². The van der Waals surface area contributed by atoms with E-state index in [4.69, 9.17) is 20.8 Å². The summed E-state index contributed by atoms with van der Waals surface area (Å²) in [5.74, 6) is -2.99. The third-order valence-corrected chi connectivity index (χ3v) is 5.58. The summed E-state index contributed by atoms with van der Waals surface area (Å²) >= 11 is 6.09. The van der Waals surface area contributed by atoms with E-state index in [0.29, 0.717) is 4.57 Å². The number of anilines is 1. The highest BCUT2D eigenvalue weighted by Gasteiger charge is 2.19. The first kappa shape index (κ1) is 24.2. The molecule has 3 rings (SSSR count). The molecule has 0 unspecified atom stereocenters. The fourth-order valence-electron chi connectivity index (χ4n) is 2.59. The van der Waals surface area contributed by atoms with E-state index in [1.54, 1.807) is 0 Å². The van der Waals surface area contributed by atoms with Crippen LogP contribution in [0.25, 0.3) is 11.0 Å². The van der Waals surface area contributed by atoms with Crippen LogP contribution in [0.4, 0.5) is 15.0 Å². The maximum Gasteiger partial charge on any atom is 0.422 e. The highest BCUT2D eigenvalue weighted by Crippen LogP contribution is 2.29. The Bertz CT molecular complexity index is 1470. The smallest absolute Gasteiger partial charge is 0.409 e. The second-order valence-electron chi connectivity index (χ2n) is 6.74. The summed E-state index contributed by atoms with van der Waals surface area (Å²) in [5, 5.41) is -0.233. The molecule has 15 heteroatoms. The lowest BCUT2D eigenvalue weighted by atomic mass is 10.2. The first-order chi connectivity index (χ1) is 15.4. The van der Waals surface area contributed by atoms with E-state index in [9.17, 15) is 27.2 Å². The normalized spacial score (nSPS) is 11.4. The van der Waals surface area contributed by atoms with Gasteiger partial charge >= 0.3 is 11.8 Å². The third kappa shape index (κ3) is 5.13. The number of nitrogens with zero attached hydrogens (tertiary/aromatic N) is 3. The number of hydrogen-bond donors (Lipinski definition) is 2. The molecule has 12 nitrogen and oxygen atoms in total. The number of benzene rings is 1. The summed E-state index contributed by atoms with van der Waals surface area (Å²) in [6.45, 7) is -0.589. The van der Waals surface area contributed by atoms with Gasteiger partial charge in [-0.05, 0) is 12.1 Å². The van der Waals surface area contributed by atoms with E-state index in [0.717, 1.165) is 30.3 Å². The fraction of sp³-hybridized carbons (Fsp3) is 0.222. The number of ether oxygens (including phenoxy) is 1. The lowest BCUT2D eigenvalue weighted by Gasteiger charge is -2.13. The minimum absolute atomic E-state index is 0.103. The Balaban J connectivity index is 2.05. The van der Waals surface area contributed by atoms with Gasteiger partial charge in [0, 0.05) is 39.0 Å². The zero-order valence-electron chi connectivity index (χ0n) is 17.4.